The van der Waals surface area contributed by atoms with Crippen molar-refractivity contribution in [3.63, 3.8) is 0 Å². The highest BCUT2D eigenvalue weighted by atomic mass is 16.5. The Morgan fingerprint density at radius 2 is 2.14 bits per heavy atom. The highest BCUT2D eigenvalue weighted by Gasteiger charge is 2.41. The van der Waals surface area contributed by atoms with Crippen molar-refractivity contribution in [3.8, 4) is 5.75 Å². The maximum Gasteiger partial charge on any atom is 0.272 e. The number of carbonyl (C=O) groups excluding carboxylic acids is 1. The van der Waals surface area contributed by atoms with Crippen molar-refractivity contribution in [2.75, 3.05) is 18.7 Å². The van der Waals surface area contributed by atoms with Crippen LogP contribution in [-0.2, 0) is 9.53 Å². The van der Waals surface area contributed by atoms with Gasteiger partial charge in [-0.25, -0.2) is 0 Å². The fraction of sp³-hybridized carbons (Fsp3) is 0.588. The maximum atomic E-state index is 12.5. The van der Waals surface area contributed by atoms with Crippen LogP contribution in [-0.4, -0.2) is 25.3 Å². The minimum Gasteiger partial charge on any atom is -0.476 e. The van der Waals surface area contributed by atoms with E-state index in [0.717, 1.165) is 30.5 Å². The van der Waals surface area contributed by atoms with E-state index in [1.807, 2.05) is 18.2 Å². The molecule has 0 radical (unpaired) electrons. The number of unbranched alkanes of at least 4 members (excludes halogenated alkanes) is 1. The lowest BCUT2D eigenvalue weighted by Crippen LogP contribution is -2.53. The van der Waals surface area contributed by atoms with E-state index in [4.69, 9.17) is 15.2 Å². The molecule has 0 saturated heterocycles. The second-order valence-corrected chi connectivity index (χ2v) is 6.24. The molecule has 5 nitrogen and oxygen atoms in total. The summed E-state index contributed by atoms with van der Waals surface area (Å²) < 4.78 is 11.0. The molecule has 5 heteroatoms. The zero-order chi connectivity index (χ0) is 16.3. The largest absolute Gasteiger partial charge is 0.476 e. The minimum absolute atomic E-state index is 0.0281. The van der Waals surface area contributed by atoms with Gasteiger partial charge >= 0.3 is 0 Å². The number of hydrogen-bond donors (Lipinski definition) is 1. The topological polar surface area (TPSA) is 64.8 Å². The van der Waals surface area contributed by atoms with Crippen molar-refractivity contribution in [2.45, 2.75) is 51.7 Å². The number of methoxy groups -OCH3 is 1. The lowest BCUT2D eigenvalue weighted by molar-refractivity contribution is -0.133. The van der Waals surface area contributed by atoms with E-state index in [1.54, 1.807) is 25.9 Å². The smallest absolute Gasteiger partial charge is 0.272 e. The van der Waals surface area contributed by atoms with Crippen molar-refractivity contribution >= 4 is 11.6 Å². The van der Waals surface area contributed by atoms with E-state index in [0.29, 0.717) is 5.75 Å². The standard InChI is InChI=1S/C17H26N2O3/c1-5-6-7-13(18)12-8-9-15-14(10-12)19(11-21-4)16(20)17(2,3)22-15/h8-10,13H,5-7,11,18H2,1-4H3. The average Bonchev–Trinajstić information content (AvgIpc) is 2.49. The summed E-state index contributed by atoms with van der Waals surface area (Å²) in [6, 6.07) is 5.80. The summed E-state index contributed by atoms with van der Waals surface area (Å²) in [5.41, 5.74) is 7.10. The van der Waals surface area contributed by atoms with Crippen LogP contribution in [0.15, 0.2) is 18.2 Å². The van der Waals surface area contributed by atoms with Crippen LogP contribution < -0.4 is 15.4 Å². The Bertz CT molecular complexity index is 543. The van der Waals surface area contributed by atoms with Crippen molar-refractivity contribution in [1.82, 2.24) is 0 Å². The fourth-order valence-electron chi connectivity index (χ4n) is 2.66. The summed E-state index contributed by atoms with van der Waals surface area (Å²) in [5.74, 6) is 0.578. The average molecular weight is 306 g/mol. The van der Waals surface area contributed by atoms with Crippen LogP contribution in [0.4, 0.5) is 5.69 Å². The van der Waals surface area contributed by atoms with Gasteiger partial charge in [0.15, 0.2) is 5.60 Å². The Kier molecular flexibility index (Phi) is 5.08. The predicted molar refractivity (Wildman–Crippen MR) is 87.0 cm³/mol. The second kappa shape index (κ2) is 6.67. The van der Waals surface area contributed by atoms with E-state index in [-0.39, 0.29) is 18.7 Å². The first kappa shape index (κ1) is 16.8. The Morgan fingerprint density at radius 1 is 1.41 bits per heavy atom. The zero-order valence-corrected chi connectivity index (χ0v) is 13.9. The van der Waals surface area contributed by atoms with Crippen molar-refractivity contribution in [1.29, 1.82) is 0 Å². The third kappa shape index (κ3) is 3.25. The van der Waals surface area contributed by atoms with E-state index in [1.165, 1.54) is 0 Å². The number of amides is 1. The SMILES string of the molecule is CCCCC(N)c1ccc2c(c1)N(COC)C(=O)C(C)(C)O2. The van der Waals surface area contributed by atoms with Gasteiger partial charge in [0.2, 0.25) is 0 Å². The summed E-state index contributed by atoms with van der Waals surface area (Å²) in [7, 11) is 1.58. The number of nitrogens with zero attached hydrogens (tertiary/aromatic N) is 1. The van der Waals surface area contributed by atoms with Gasteiger partial charge in [0.05, 0.1) is 5.69 Å². The van der Waals surface area contributed by atoms with Gasteiger partial charge in [-0.05, 0) is 38.0 Å². The molecule has 1 aliphatic heterocycles. The molecular formula is C17H26N2O3. The van der Waals surface area contributed by atoms with Gasteiger partial charge in [-0.1, -0.05) is 25.8 Å². The highest BCUT2D eigenvalue weighted by Crippen LogP contribution is 2.39. The molecule has 1 amide bonds. The molecule has 1 unspecified atom stereocenters. The first-order valence-corrected chi connectivity index (χ1v) is 7.80. The van der Waals surface area contributed by atoms with Gasteiger partial charge in [-0.3, -0.25) is 9.69 Å². The molecular weight excluding hydrogens is 280 g/mol. The van der Waals surface area contributed by atoms with Gasteiger partial charge in [-0.15, -0.1) is 0 Å². The minimum atomic E-state index is -0.891. The number of hydrogen-bond acceptors (Lipinski definition) is 4. The lowest BCUT2D eigenvalue weighted by atomic mass is 9.98. The van der Waals surface area contributed by atoms with Crippen LogP contribution in [0.1, 0.15) is 51.6 Å². The Balaban J connectivity index is 2.35. The number of carbonyl (C=O) groups is 1. The number of rotatable bonds is 6. The third-order valence-corrected chi connectivity index (χ3v) is 3.95. The van der Waals surface area contributed by atoms with E-state index in [9.17, 15) is 4.79 Å². The third-order valence-electron chi connectivity index (χ3n) is 3.95. The molecule has 1 heterocycles. The number of ether oxygens (including phenoxy) is 2. The van der Waals surface area contributed by atoms with E-state index >= 15 is 0 Å². The highest BCUT2D eigenvalue weighted by molar-refractivity contribution is 6.02. The molecule has 0 aliphatic carbocycles. The maximum absolute atomic E-state index is 12.5. The van der Waals surface area contributed by atoms with E-state index in [2.05, 4.69) is 6.92 Å². The number of benzene rings is 1. The molecule has 1 aromatic carbocycles. The van der Waals surface area contributed by atoms with Gasteiger partial charge in [0.1, 0.15) is 12.5 Å². The normalized spacial score (nSPS) is 17.9. The monoisotopic (exact) mass is 306 g/mol. The zero-order valence-electron chi connectivity index (χ0n) is 13.9. The number of nitrogens with two attached hydrogens (primary N) is 1. The van der Waals surface area contributed by atoms with Crippen LogP contribution in [0.25, 0.3) is 0 Å². The fourth-order valence-corrected chi connectivity index (χ4v) is 2.66. The number of anilines is 1. The summed E-state index contributed by atoms with van der Waals surface area (Å²) in [6.07, 6.45) is 3.13. The Morgan fingerprint density at radius 3 is 2.77 bits per heavy atom. The second-order valence-electron chi connectivity index (χ2n) is 6.24. The first-order valence-electron chi connectivity index (χ1n) is 7.80. The van der Waals surface area contributed by atoms with Crippen LogP contribution >= 0.6 is 0 Å². The molecule has 1 aromatic rings. The molecule has 0 saturated carbocycles. The molecule has 2 rings (SSSR count). The van der Waals surface area contributed by atoms with Gasteiger partial charge in [0.25, 0.3) is 5.91 Å². The molecule has 1 atom stereocenters. The molecule has 0 bridgehead atoms. The van der Waals surface area contributed by atoms with Gasteiger partial charge in [0, 0.05) is 13.2 Å². The summed E-state index contributed by atoms with van der Waals surface area (Å²) in [5, 5.41) is 0. The lowest BCUT2D eigenvalue weighted by Gasteiger charge is -2.38. The predicted octanol–water partition coefficient (Wildman–Crippen LogP) is 2.98. The van der Waals surface area contributed by atoms with Crippen LogP contribution in [0.2, 0.25) is 0 Å². The molecule has 0 aromatic heterocycles. The van der Waals surface area contributed by atoms with Crippen LogP contribution in [0.3, 0.4) is 0 Å². The quantitative estimate of drug-likeness (QED) is 0.877. The Hall–Kier alpha value is -1.59. The summed E-state index contributed by atoms with van der Waals surface area (Å²) >= 11 is 0. The van der Waals surface area contributed by atoms with Crippen molar-refractivity contribution in [3.05, 3.63) is 23.8 Å². The van der Waals surface area contributed by atoms with Crippen molar-refractivity contribution < 1.29 is 14.3 Å². The number of fused-ring (bicyclic) bond motifs is 1. The van der Waals surface area contributed by atoms with Gasteiger partial charge in [-0.2, -0.15) is 0 Å². The summed E-state index contributed by atoms with van der Waals surface area (Å²) in [4.78, 5) is 14.2. The first-order chi connectivity index (χ1) is 10.4. The van der Waals surface area contributed by atoms with E-state index < -0.39 is 5.60 Å². The summed E-state index contributed by atoms with van der Waals surface area (Å²) in [6.45, 7) is 5.88. The molecule has 2 N–H and O–H groups in total. The van der Waals surface area contributed by atoms with Crippen molar-refractivity contribution in [2.24, 2.45) is 5.73 Å². The van der Waals surface area contributed by atoms with Gasteiger partial charge < -0.3 is 15.2 Å². The molecule has 0 fully saturated rings. The Labute approximate surface area is 132 Å². The van der Waals surface area contributed by atoms with Crippen LogP contribution in [0, 0.1) is 0 Å². The molecule has 0 spiro atoms. The molecule has 122 valence electrons. The molecule has 22 heavy (non-hydrogen) atoms. The van der Waals surface area contributed by atoms with Crippen LogP contribution in [0.5, 0.6) is 5.75 Å². The molecule has 1 aliphatic rings.